The van der Waals surface area contributed by atoms with Crippen molar-refractivity contribution in [3.8, 4) is 5.75 Å². The smallest absolute Gasteiger partial charge is 0.322 e. The zero-order valence-electron chi connectivity index (χ0n) is 14.2. The second-order valence-electron chi connectivity index (χ2n) is 6.14. The first kappa shape index (κ1) is 16.8. The molecular formula is C19H24N2O2S. The van der Waals surface area contributed by atoms with Crippen LogP contribution in [0.1, 0.15) is 41.5 Å². The fraction of sp³-hybridized carbons (Fsp3) is 0.421. The van der Waals surface area contributed by atoms with Crippen molar-refractivity contribution < 1.29 is 9.53 Å². The summed E-state index contributed by atoms with van der Waals surface area (Å²) < 4.78 is 5.34. The summed E-state index contributed by atoms with van der Waals surface area (Å²) in [5.74, 6) is 0.684. The first-order valence-electron chi connectivity index (χ1n) is 8.46. The van der Waals surface area contributed by atoms with Crippen LogP contribution < -0.4 is 10.1 Å². The lowest BCUT2D eigenvalue weighted by Crippen LogP contribution is -2.37. The number of urea groups is 1. The van der Waals surface area contributed by atoms with E-state index in [9.17, 15) is 4.79 Å². The lowest BCUT2D eigenvalue weighted by atomic mass is 10.1. The highest BCUT2D eigenvalue weighted by Crippen LogP contribution is 2.35. The van der Waals surface area contributed by atoms with Gasteiger partial charge >= 0.3 is 6.03 Å². The highest BCUT2D eigenvalue weighted by molar-refractivity contribution is 7.12. The van der Waals surface area contributed by atoms with Crippen molar-refractivity contribution in [2.24, 2.45) is 0 Å². The van der Waals surface area contributed by atoms with Crippen molar-refractivity contribution in [3.63, 3.8) is 0 Å². The van der Waals surface area contributed by atoms with Crippen LogP contribution in [0.4, 0.5) is 10.5 Å². The second-order valence-corrected chi connectivity index (χ2v) is 7.46. The van der Waals surface area contributed by atoms with Gasteiger partial charge in [0.15, 0.2) is 0 Å². The molecular weight excluding hydrogens is 320 g/mol. The van der Waals surface area contributed by atoms with Crippen LogP contribution in [0.2, 0.25) is 0 Å². The van der Waals surface area contributed by atoms with Gasteiger partial charge in [0, 0.05) is 16.3 Å². The van der Waals surface area contributed by atoms with E-state index in [2.05, 4.69) is 24.4 Å². The zero-order chi connectivity index (χ0) is 16.9. The Labute approximate surface area is 147 Å². The molecule has 0 spiro atoms. The largest absolute Gasteiger partial charge is 0.495 e. The number of ether oxygens (including phenoxy) is 1. The molecule has 0 aliphatic carbocycles. The molecule has 0 saturated carbocycles. The molecule has 1 fully saturated rings. The molecule has 1 unspecified atom stereocenters. The molecule has 0 radical (unpaired) electrons. The first-order chi connectivity index (χ1) is 11.7. The van der Waals surface area contributed by atoms with E-state index in [1.54, 1.807) is 18.4 Å². The fourth-order valence-corrected chi connectivity index (χ4v) is 4.24. The Kier molecular flexibility index (Phi) is 5.41. The van der Waals surface area contributed by atoms with Crippen LogP contribution in [0.5, 0.6) is 5.75 Å². The molecule has 2 heterocycles. The Morgan fingerprint density at radius 2 is 2.04 bits per heavy atom. The second kappa shape index (κ2) is 7.71. The number of carbonyl (C=O) groups is 1. The molecule has 1 aromatic heterocycles. The Balaban J connectivity index is 1.82. The molecule has 1 aliphatic rings. The number of carbonyl (C=O) groups excluding carboxylic acids is 1. The molecule has 1 saturated heterocycles. The minimum absolute atomic E-state index is 0.0440. The van der Waals surface area contributed by atoms with Crippen LogP contribution in [0.3, 0.4) is 0 Å². The molecule has 4 nitrogen and oxygen atoms in total. The number of nitrogens with one attached hydrogen (secondary N) is 1. The molecule has 2 aromatic rings. The van der Waals surface area contributed by atoms with E-state index in [-0.39, 0.29) is 12.1 Å². The van der Waals surface area contributed by atoms with Crippen molar-refractivity contribution in [1.82, 2.24) is 4.90 Å². The number of methoxy groups -OCH3 is 1. The maximum Gasteiger partial charge on any atom is 0.322 e. The van der Waals surface area contributed by atoms with Gasteiger partial charge in [0.1, 0.15) is 5.75 Å². The minimum atomic E-state index is -0.0440. The number of amides is 2. The maximum atomic E-state index is 12.9. The van der Waals surface area contributed by atoms with E-state index in [0.29, 0.717) is 5.75 Å². The van der Waals surface area contributed by atoms with Gasteiger partial charge in [0.05, 0.1) is 18.8 Å². The van der Waals surface area contributed by atoms with Crippen LogP contribution in [0.25, 0.3) is 0 Å². The summed E-state index contributed by atoms with van der Waals surface area (Å²) in [5, 5.41) is 3.03. The average Bonchev–Trinajstić information content (AvgIpc) is 2.87. The SMILES string of the molecule is COc1ccccc1NC(=O)N1CCCCCC1c1ccc(C)s1. The maximum absolute atomic E-state index is 12.9. The summed E-state index contributed by atoms with van der Waals surface area (Å²) >= 11 is 1.79. The van der Waals surface area contributed by atoms with Crippen molar-refractivity contribution in [2.45, 2.75) is 38.6 Å². The number of rotatable bonds is 3. The van der Waals surface area contributed by atoms with E-state index in [4.69, 9.17) is 4.74 Å². The summed E-state index contributed by atoms with van der Waals surface area (Å²) in [6, 6.07) is 12.0. The summed E-state index contributed by atoms with van der Waals surface area (Å²) in [5.41, 5.74) is 0.718. The zero-order valence-corrected chi connectivity index (χ0v) is 15.1. The molecule has 2 amide bonds. The number of para-hydroxylation sites is 2. The summed E-state index contributed by atoms with van der Waals surface area (Å²) in [6.07, 6.45) is 4.43. The van der Waals surface area contributed by atoms with Crippen LogP contribution in [-0.2, 0) is 0 Å². The molecule has 1 aromatic carbocycles. The normalized spacial score (nSPS) is 18.1. The summed E-state index contributed by atoms with van der Waals surface area (Å²) in [6.45, 7) is 2.91. The monoisotopic (exact) mass is 344 g/mol. The first-order valence-corrected chi connectivity index (χ1v) is 9.27. The van der Waals surface area contributed by atoms with Gasteiger partial charge in [-0.15, -0.1) is 11.3 Å². The Morgan fingerprint density at radius 3 is 2.79 bits per heavy atom. The van der Waals surface area contributed by atoms with Gasteiger partial charge in [-0.3, -0.25) is 0 Å². The van der Waals surface area contributed by atoms with E-state index in [0.717, 1.165) is 25.1 Å². The topological polar surface area (TPSA) is 41.6 Å². The van der Waals surface area contributed by atoms with Gasteiger partial charge in [-0.05, 0) is 44.0 Å². The Bertz CT molecular complexity index is 698. The lowest BCUT2D eigenvalue weighted by Gasteiger charge is -2.29. The summed E-state index contributed by atoms with van der Waals surface area (Å²) in [4.78, 5) is 17.5. The van der Waals surface area contributed by atoms with Crippen molar-refractivity contribution in [3.05, 3.63) is 46.2 Å². The van der Waals surface area contributed by atoms with Crippen molar-refractivity contribution in [2.75, 3.05) is 19.0 Å². The minimum Gasteiger partial charge on any atom is -0.495 e. The summed E-state index contributed by atoms with van der Waals surface area (Å²) in [7, 11) is 1.62. The Morgan fingerprint density at radius 1 is 1.21 bits per heavy atom. The predicted octanol–water partition coefficient (Wildman–Crippen LogP) is 5.21. The predicted molar refractivity (Wildman–Crippen MR) is 99.0 cm³/mol. The number of hydrogen-bond donors (Lipinski definition) is 1. The van der Waals surface area contributed by atoms with Crippen molar-refractivity contribution >= 4 is 23.1 Å². The quantitative estimate of drug-likeness (QED) is 0.830. The molecule has 1 N–H and O–H groups in total. The fourth-order valence-electron chi connectivity index (χ4n) is 3.21. The van der Waals surface area contributed by atoms with Gasteiger partial charge in [0.25, 0.3) is 0 Å². The molecule has 0 bridgehead atoms. The number of anilines is 1. The van der Waals surface area contributed by atoms with E-state index < -0.39 is 0 Å². The number of nitrogens with zero attached hydrogens (tertiary/aromatic N) is 1. The van der Waals surface area contributed by atoms with Crippen LogP contribution in [0, 0.1) is 6.92 Å². The number of aryl methyl sites for hydroxylation is 1. The standard InChI is InChI=1S/C19H24N2O2S/c1-14-11-12-18(24-14)16-9-4-3-7-13-21(16)19(22)20-15-8-5-6-10-17(15)23-2/h5-6,8,10-12,16H,3-4,7,9,13H2,1-2H3,(H,20,22). The number of thiophene rings is 1. The van der Waals surface area contributed by atoms with Gasteiger partial charge in [-0.25, -0.2) is 4.79 Å². The van der Waals surface area contributed by atoms with E-state index in [1.807, 2.05) is 29.2 Å². The molecule has 24 heavy (non-hydrogen) atoms. The highest BCUT2D eigenvalue weighted by atomic mass is 32.1. The number of hydrogen-bond acceptors (Lipinski definition) is 3. The lowest BCUT2D eigenvalue weighted by molar-refractivity contribution is 0.190. The third-order valence-electron chi connectivity index (χ3n) is 4.45. The average molecular weight is 344 g/mol. The molecule has 3 rings (SSSR count). The van der Waals surface area contributed by atoms with Crippen molar-refractivity contribution in [1.29, 1.82) is 0 Å². The highest BCUT2D eigenvalue weighted by Gasteiger charge is 2.28. The third-order valence-corrected chi connectivity index (χ3v) is 5.55. The molecule has 128 valence electrons. The van der Waals surface area contributed by atoms with E-state index >= 15 is 0 Å². The number of benzene rings is 1. The number of likely N-dealkylation sites (tertiary alicyclic amines) is 1. The molecule has 1 atom stereocenters. The van der Waals surface area contributed by atoms with Gasteiger partial charge in [0.2, 0.25) is 0 Å². The van der Waals surface area contributed by atoms with Crippen LogP contribution in [-0.4, -0.2) is 24.6 Å². The Hall–Kier alpha value is -2.01. The van der Waals surface area contributed by atoms with Crippen LogP contribution >= 0.6 is 11.3 Å². The van der Waals surface area contributed by atoms with Crippen LogP contribution in [0.15, 0.2) is 36.4 Å². The van der Waals surface area contributed by atoms with Gasteiger partial charge < -0.3 is 15.0 Å². The van der Waals surface area contributed by atoms with Gasteiger partial charge in [-0.2, -0.15) is 0 Å². The molecule has 5 heteroatoms. The molecule has 1 aliphatic heterocycles. The van der Waals surface area contributed by atoms with E-state index in [1.165, 1.54) is 22.6 Å². The van der Waals surface area contributed by atoms with Gasteiger partial charge in [-0.1, -0.05) is 25.0 Å². The third kappa shape index (κ3) is 3.73.